The van der Waals surface area contributed by atoms with Gasteiger partial charge in [0.05, 0.1) is 6.61 Å². The molecule has 0 saturated heterocycles. The molecule has 0 fully saturated rings. The van der Waals surface area contributed by atoms with E-state index in [1.54, 1.807) is 12.3 Å². The molecule has 1 aromatic rings. The Morgan fingerprint density at radius 3 is 2.93 bits per heavy atom. The summed E-state index contributed by atoms with van der Waals surface area (Å²) in [5.74, 6) is 0.196. The van der Waals surface area contributed by atoms with Crippen LogP contribution in [0, 0.1) is 0 Å². The first-order valence-electron chi connectivity index (χ1n) is 4.75. The van der Waals surface area contributed by atoms with Crippen molar-refractivity contribution >= 4 is 21.8 Å². The fourth-order valence-electron chi connectivity index (χ4n) is 1.10. The average molecular weight is 273 g/mol. The number of hydrogen-bond donors (Lipinski definition) is 1. The van der Waals surface area contributed by atoms with E-state index >= 15 is 0 Å². The van der Waals surface area contributed by atoms with Gasteiger partial charge in [0.2, 0.25) is 5.88 Å². The van der Waals surface area contributed by atoms with Gasteiger partial charge in [-0.3, -0.25) is 4.79 Å². The molecule has 82 valence electrons. The lowest BCUT2D eigenvalue weighted by atomic mass is 10.2. The van der Waals surface area contributed by atoms with Crippen LogP contribution in [0.3, 0.4) is 0 Å². The van der Waals surface area contributed by atoms with Crippen LogP contribution >= 0.6 is 15.9 Å². The minimum Gasteiger partial charge on any atom is -0.477 e. The van der Waals surface area contributed by atoms with Crippen LogP contribution in [-0.2, 0) is 0 Å². The summed E-state index contributed by atoms with van der Waals surface area (Å²) >= 11 is 3.27. The number of nitrogens with one attached hydrogen (secondary N) is 1. The van der Waals surface area contributed by atoms with E-state index in [9.17, 15) is 4.79 Å². The Kier molecular flexibility index (Phi) is 4.55. The highest BCUT2D eigenvalue weighted by atomic mass is 79.9. The van der Waals surface area contributed by atoms with Crippen molar-refractivity contribution in [1.82, 2.24) is 10.3 Å². The highest BCUT2D eigenvalue weighted by molar-refractivity contribution is 9.10. The summed E-state index contributed by atoms with van der Waals surface area (Å²) in [6.07, 6.45) is 1.60. The monoisotopic (exact) mass is 272 g/mol. The van der Waals surface area contributed by atoms with Crippen LogP contribution < -0.4 is 10.1 Å². The van der Waals surface area contributed by atoms with Crippen molar-refractivity contribution in [2.45, 2.75) is 13.8 Å². The number of nitrogens with zero attached hydrogens (tertiary/aromatic N) is 1. The van der Waals surface area contributed by atoms with E-state index in [0.717, 1.165) is 4.47 Å². The molecule has 0 aliphatic rings. The molecule has 5 heteroatoms. The number of halogens is 1. The zero-order valence-corrected chi connectivity index (χ0v) is 10.3. The second-order valence-corrected chi connectivity index (χ2v) is 3.71. The summed E-state index contributed by atoms with van der Waals surface area (Å²) in [5, 5.41) is 2.71. The second kappa shape index (κ2) is 5.70. The van der Waals surface area contributed by atoms with Crippen LogP contribution in [0.1, 0.15) is 24.2 Å². The van der Waals surface area contributed by atoms with Crippen molar-refractivity contribution < 1.29 is 9.53 Å². The van der Waals surface area contributed by atoms with E-state index in [1.165, 1.54) is 0 Å². The van der Waals surface area contributed by atoms with Gasteiger partial charge in [0.1, 0.15) is 5.56 Å². The molecule has 1 amide bonds. The Bertz CT molecular complexity index is 355. The molecule has 0 aromatic carbocycles. The van der Waals surface area contributed by atoms with Gasteiger partial charge in [0, 0.05) is 17.2 Å². The summed E-state index contributed by atoms with van der Waals surface area (Å²) in [4.78, 5) is 15.7. The molecule has 0 aliphatic carbocycles. The van der Waals surface area contributed by atoms with Gasteiger partial charge >= 0.3 is 0 Å². The van der Waals surface area contributed by atoms with E-state index in [1.807, 2.05) is 13.8 Å². The quantitative estimate of drug-likeness (QED) is 0.912. The van der Waals surface area contributed by atoms with E-state index in [2.05, 4.69) is 26.2 Å². The molecule has 0 radical (unpaired) electrons. The number of carbonyl (C=O) groups excluding carboxylic acids is 1. The lowest BCUT2D eigenvalue weighted by Crippen LogP contribution is -2.23. The van der Waals surface area contributed by atoms with Crippen LogP contribution in [0.4, 0.5) is 0 Å². The molecule has 0 unspecified atom stereocenters. The van der Waals surface area contributed by atoms with E-state index in [-0.39, 0.29) is 5.91 Å². The zero-order chi connectivity index (χ0) is 11.3. The average Bonchev–Trinajstić information content (AvgIpc) is 2.21. The maximum Gasteiger partial charge on any atom is 0.256 e. The lowest BCUT2D eigenvalue weighted by Gasteiger charge is -2.08. The fourth-order valence-corrected chi connectivity index (χ4v) is 1.43. The molecule has 0 aliphatic heterocycles. The van der Waals surface area contributed by atoms with Gasteiger partial charge in [0.25, 0.3) is 5.91 Å². The minimum absolute atomic E-state index is 0.172. The van der Waals surface area contributed by atoms with Crippen LogP contribution in [0.5, 0.6) is 5.88 Å². The maximum atomic E-state index is 11.6. The number of hydrogen-bond acceptors (Lipinski definition) is 3. The number of rotatable bonds is 4. The SMILES string of the molecule is CCNC(=O)c1cc(Br)cnc1OCC. The Labute approximate surface area is 97.2 Å². The Balaban J connectivity index is 3.00. The number of pyridine rings is 1. The maximum absolute atomic E-state index is 11.6. The Morgan fingerprint density at radius 1 is 1.60 bits per heavy atom. The molecule has 0 bridgehead atoms. The first-order chi connectivity index (χ1) is 7.19. The van der Waals surface area contributed by atoms with Crippen LogP contribution in [0.2, 0.25) is 0 Å². The van der Waals surface area contributed by atoms with Gasteiger partial charge < -0.3 is 10.1 Å². The third-order valence-corrected chi connectivity index (χ3v) is 2.11. The molecule has 1 N–H and O–H groups in total. The van der Waals surface area contributed by atoms with Crippen molar-refractivity contribution in [3.8, 4) is 5.88 Å². The summed E-state index contributed by atoms with van der Waals surface area (Å²) < 4.78 is 6.02. The number of amides is 1. The van der Waals surface area contributed by atoms with E-state index in [4.69, 9.17) is 4.74 Å². The third kappa shape index (κ3) is 3.20. The predicted octanol–water partition coefficient (Wildman–Crippen LogP) is 1.99. The molecule has 0 atom stereocenters. The molecule has 1 rings (SSSR count). The van der Waals surface area contributed by atoms with Crippen molar-refractivity contribution in [1.29, 1.82) is 0 Å². The van der Waals surface area contributed by atoms with Crippen molar-refractivity contribution in [2.24, 2.45) is 0 Å². The Morgan fingerprint density at radius 2 is 2.33 bits per heavy atom. The highest BCUT2D eigenvalue weighted by Gasteiger charge is 2.13. The summed E-state index contributed by atoms with van der Waals surface area (Å²) in [6.45, 7) is 4.78. The van der Waals surface area contributed by atoms with E-state index < -0.39 is 0 Å². The number of carbonyl (C=O) groups is 1. The van der Waals surface area contributed by atoms with Gasteiger partial charge in [-0.1, -0.05) is 0 Å². The van der Waals surface area contributed by atoms with Crippen LogP contribution in [-0.4, -0.2) is 24.0 Å². The van der Waals surface area contributed by atoms with E-state index in [0.29, 0.717) is 24.6 Å². The molecular formula is C10H13BrN2O2. The zero-order valence-electron chi connectivity index (χ0n) is 8.71. The molecular weight excluding hydrogens is 260 g/mol. The van der Waals surface area contributed by atoms with Gasteiger partial charge in [-0.15, -0.1) is 0 Å². The smallest absolute Gasteiger partial charge is 0.256 e. The largest absolute Gasteiger partial charge is 0.477 e. The first kappa shape index (κ1) is 12.0. The predicted molar refractivity (Wildman–Crippen MR) is 61.1 cm³/mol. The molecule has 4 nitrogen and oxygen atoms in total. The van der Waals surface area contributed by atoms with Crippen molar-refractivity contribution in [3.63, 3.8) is 0 Å². The van der Waals surface area contributed by atoms with Gasteiger partial charge in [-0.05, 0) is 35.8 Å². The van der Waals surface area contributed by atoms with Crippen molar-refractivity contribution in [2.75, 3.05) is 13.2 Å². The molecule has 0 spiro atoms. The minimum atomic E-state index is -0.172. The second-order valence-electron chi connectivity index (χ2n) is 2.80. The lowest BCUT2D eigenvalue weighted by molar-refractivity contribution is 0.0951. The molecule has 15 heavy (non-hydrogen) atoms. The molecule has 1 heterocycles. The summed E-state index contributed by atoms with van der Waals surface area (Å²) in [5.41, 5.74) is 0.452. The van der Waals surface area contributed by atoms with Gasteiger partial charge in [0.15, 0.2) is 0 Å². The topological polar surface area (TPSA) is 51.2 Å². The Hall–Kier alpha value is -1.10. The summed E-state index contributed by atoms with van der Waals surface area (Å²) in [6, 6.07) is 1.70. The number of ether oxygens (including phenoxy) is 1. The third-order valence-electron chi connectivity index (χ3n) is 1.68. The van der Waals surface area contributed by atoms with Crippen LogP contribution in [0.25, 0.3) is 0 Å². The van der Waals surface area contributed by atoms with Crippen molar-refractivity contribution in [3.05, 3.63) is 22.3 Å². The highest BCUT2D eigenvalue weighted by Crippen LogP contribution is 2.19. The standard InChI is InChI=1S/C10H13BrN2O2/c1-3-12-9(14)8-5-7(11)6-13-10(8)15-4-2/h5-6H,3-4H2,1-2H3,(H,12,14). The molecule has 0 saturated carbocycles. The molecule has 1 aromatic heterocycles. The summed E-state index contributed by atoms with van der Waals surface area (Å²) in [7, 11) is 0. The van der Waals surface area contributed by atoms with Gasteiger partial charge in [-0.2, -0.15) is 0 Å². The number of aromatic nitrogens is 1. The first-order valence-corrected chi connectivity index (χ1v) is 5.54. The van der Waals surface area contributed by atoms with Gasteiger partial charge in [-0.25, -0.2) is 4.98 Å². The normalized spacial score (nSPS) is 9.80. The van der Waals surface area contributed by atoms with Crippen LogP contribution in [0.15, 0.2) is 16.7 Å². The fraction of sp³-hybridized carbons (Fsp3) is 0.400.